The number of hydrogen-bond acceptors (Lipinski definition) is 5. The smallest absolute Gasteiger partial charge is 0.246 e. The van der Waals surface area contributed by atoms with E-state index in [-0.39, 0.29) is 5.91 Å². The zero-order valence-corrected chi connectivity index (χ0v) is 14.5. The van der Waals surface area contributed by atoms with E-state index < -0.39 is 0 Å². The summed E-state index contributed by atoms with van der Waals surface area (Å²) in [7, 11) is 4.98. The summed E-state index contributed by atoms with van der Waals surface area (Å²) in [4.78, 5) is 19.0. The van der Waals surface area contributed by atoms with Crippen LogP contribution in [0.3, 0.4) is 0 Å². The Balaban J connectivity index is 2.07. The van der Waals surface area contributed by atoms with Crippen LogP contribution in [0, 0.1) is 6.92 Å². The second-order valence-electron chi connectivity index (χ2n) is 4.99. The summed E-state index contributed by atoms with van der Waals surface area (Å²) in [6, 6.07) is 5.54. The van der Waals surface area contributed by atoms with Crippen LogP contribution in [0.2, 0.25) is 0 Å². The maximum atomic E-state index is 12.2. The number of aromatic nitrogens is 1. The third kappa shape index (κ3) is 4.56. The normalized spacial score (nSPS) is 10.8. The number of carbonyl (C=O) groups excluding carboxylic acids is 1. The minimum absolute atomic E-state index is 0.0825. The van der Waals surface area contributed by atoms with E-state index in [2.05, 4.69) is 4.98 Å². The fourth-order valence-electron chi connectivity index (χ4n) is 2.07. The van der Waals surface area contributed by atoms with Crippen LogP contribution in [0.4, 0.5) is 0 Å². The van der Waals surface area contributed by atoms with E-state index in [0.717, 1.165) is 26.9 Å². The van der Waals surface area contributed by atoms with Crippen LogP contribution in [0.5, 0.6) is 11.5 Å². The molecule has 0 fully saturated rings. The number of methoxy groups -OCH3 is 2. The molecule has 0 radical (unpaired) electrons. The van der Waals surface area contributed by atoms with Crippen molar-refractivity contribution in [3.8, 4) is 11.5 Å². The highest BCUT2D eigenvalue weighted by molar-refractivity contribution is 7.12. The van der Waals surface area contributed by atoms with Crippen LogP contribution >= 0.6 is 11.3 Å². The van der Waals surface area contributed by atoms with Crippen molar-refractivity contribution < 1.29 is 14.3 Å². The monoisotopic (exact) mass is 332 g/mol. The molecule has 122 valence electrons. The first-order chi connectivity index (χ1) is 11.0. The molecule has 0 aliphatic carbocycles. The number of ether oxygens (including phenoxy) is 2. The molecule has 0 saturated heterocycles. The van der Waals surface area contributed by atoms with Gasteiger partial charge in [-0.1, -0.05) is 0 Å². The van der Waals surface area contributed by atoms with E-state index >= 15 is 0 Å². The molecule has 5 nitrogen and oxygen atoms in total. The van der Waals surface area contributed by atoms with E-state index in [1.54, 1.807) is 55.9 Å². The third-order valence-electron chi connectivity index (χ3n) is 3.30. The topological polar surface area (TPSA) is 51.7 Å². The molecule has 0 spiro atoms. The molecule has 1 aromatic carbocycles. The first kappa shape index (κ1) is 17.0. The van der Waals surface area contributed by atoms with Crippen molar-refractivity contribution in [3.63, 3.8) is 0 Å². The summed E-state index contributed by atoms with van der Waals surface area (Å²) in [5.41, 5.74) is 0.893. The number of aryl methyl sites for hydroxylation is 1. The molecule has 6 heteroatoms. The van der Waals surface area contributed by atoms with Gasteiger partial charge in [0.1, 0.15) is 11.5 Å². The standard InChI is InChI=1S/C17H20N2O3S/c1-12-18-10-15(23-12)6-8-17(20)19(2)11-13-9-14(21-3)5-7-16(13)22-4/h5-10H,11H2,1-4H3/b8-6+. The number of amides is 1. The molecule has 1 amide bonds. The highest BCUT2D eigenvalue weighted by Gasteiger charge is 2.11. The Kier molecular flexibility index (Phi) is 5.76. The molecule has 0 aliphatic heterocycles. The van der Waals surface area contributed by atoms with Gasteiger partial charge in [-0.05, 0) is 31.2 Å². The summed E-state index contributed by atoms with van der Waals surface area (Å²) >= 11 is 1.55. The van der Waals surface area contributed by atoms with E-state index in [1.807, 2.05) is 25.1 Å². The molecule has 1 aromatic heterocycles. The highest BCUT2D eigenvalue weighted by atomic mass is 32.1. The van der Waals surface area contributed by atoms with Gasteiger partial charge in [0.25, 0.3) is 0 Å². The lowest BCUT2D eigenvalue weighted by Gasteiger charge is -2.18. The summed E-state index contributed by atoms with van der Waals surface area (Å²) in [5.74, 6) is 1.38. The van der Waals surface area contributed by atoms with Gasteiger partial charge in [0.05, 0.1) is 19.2 Å². The Morgan fingerprint density at radius 3 is 2.74 bits per heavy atom. The van der Waals surface area contributed by atoms with Crippen LogP contribution in [0.25, 0.3) is 6.08 Å². The number of carbonyl (C=O) groups is 1. The molecule has 0 aliphatic rings. The number of rotatable bonds is 6. The van der Waals surface area contributed by atoms with Gasteiger partial charge in [-0.25, -0.2) is 4.98 Å². The van der Waals surface area contributed by atoms with Crippen LogP contribution < -0.4 is 9.47 Å². The first-order valence-electron chi connectivity index (χ1n) is 7.10. The Morgan fingerprint density at radius 2 is 2.13 bits per heavy atom. The maximum Gasteiger partial charge on any atom is 0.246 e. The van der Waals surface area contributed by atoms with Crippen molar-refractivity contribution in [2.24, 2.45) is 0 Å². The third-order valence-corrected chi connectivity index (χ3v) is 4.18. The predicted molar refractivity (Wildman–Crippen MR) is 91.9 cm³/mol. The molecule has 1 heterocycles. The molecule has 0 N–H and O–H groups in total. The van der Waals surface area contributed by atoms with Gasteiger partial charge in [-0.15, -0.1) is 11.3 Å². The van der Waals surface area contributed by atoms with Crippen LogP contribution in [-0.4, -0.2) is 37.1 Å². The Morgan fingerprint density at radius 1 is 1.35 bits per heavy atom. The van der Waals surface area contributed by atoms with Crippen molar-refractivity contribution in [3.05, 3.63) is 45.9 Å². The zero-order chi connectivity index (χ0) is 16.8. The maximum absolute atomic E-state index is 12.2. The molecule has 0 unspecified atom stereocenters. The first-order valence-corrected chi connectivity index (χ1v) is 7.91. The Labute approximate surface area is 140 Å². The van der Waals surface area contributed by atoms with Crippen molar-refractivity contribution >= 4 is 23.3 Å². The lowest BCUT2D eigenvalue weighted by molar-refractivity contribution is -0.125. The van der Waals surface area contributed by atoms with Crippen molar-refractivity contribution in [2.75, 3.05) is 21.3 Å². The fourth-order valence-corrected chi connectivity index (χ4v) is 2.76. The van der Waals surface area contributed by atoms with Gasteiger partial charge >= 0.3 is 0 Å². The lowest BCUT2D eigenvalue weighted by atomic mass is 10.1. The van der Waals surface area contributed by atoms with Gasteiger partial charge in [-0.3, -0.25) is 4.79 Å². The van der Waals surface area contributed by atoms with Gasteiger partial charge in [0.15, 0.2) is 0 Å². The summed E-state index contributed by atoms with van der Waals surface area (Å²) in [5, 5.41) is 0.978. The molecule has 23 heavy (non-hydrogen) atoms. The van der Waals surface area contributed by atoms with Crippen molar-refractivity contribution in [1.82, 2.24) is 9.88 Å². The number of nitrogens with zero attached hydrogens (tertiary/aromatic N) is 2. The van der Waals surface area contributed by atoms with Gasteiger partial charge < -0.3 is 14.4 Å². The predicted octanol–water partition coefficient (Wildman–Crippen LogP) is 3.14. The number of hydrogen-bond donors (Lipinski definition) is 0. The quantitative estimate of drug-likeness (QED) is 0.763. The zero-order valence-electron chi connectivity index (χ0n) is 13.7. The lowest BCUT2D eigenvalue weighted by Crippen LogP contribution is -2.24. The van der Waals surface area contributed by atoms with Crippen LogP contribution in [0.1, 0.15) is 15.4 Å². The summed E-state index contributed by atoms with van der Waals surface area (Å²) in [6.45, 7) is 2.37. The van der Waals surface area contributed by atoms with Crippen molar-refractivity contribution in [1.29, 1.82) is 0 Å². The molecule has 2 rings (SSSR count). The molecule has 2 aromatic rings. The molecular weight excluding hydrogens is 312 g/mol. The van der Waals surface area contributed by atoms with Gasteiger partial charge in [-0.2, -0.15) is 0 Å². The highest BCUT2D eigenvalue weighted by Crippen LogP contribution is 2.25. The minimum Gasteiger partial charge on any atom is -0.497 e. The van der Waals surface area contributed by atoms with E-state index in [0.29, 0.717) is 6.54 Å². The van der Waals surface area contributed by atoms with Gasteiger partial charge in [0, 0.05) is 36.3 Å². The summed E-state index contributed by atoms with van der Waals surface area (Å²) in [6.07, 6.45) is 5.10. The van der Waals surface area contributed by atoms with E-state index in [1.165, 1.54) is 0 Å². The SMILES string of the molecule is COc1ccc(OC)c(CN(C)C(=O)/C=C/c2cnc(C)s2)c1. The number of thiazole rings is 1. The number of likely N-dealkylation sites (N-methyl/N-ethyl adjacent to an activating group) is 1. The van der Waals surface area contributed by atoms with Crippen molar-refractivity contribution in [2.45, 2.75) is 13.5 Å². The van der Waals surface area contributed by atoms with Crippen LogP contribution in [-0.2, 0) is 11.3 Å². The van der Waals surface area contributed by atoms with E-state index in [9.17, 15) is 4.79 Å². The Bertz CT molecular complexity index is 710. The van der Waals surface area contributed by atoms with E-state index in [4.69, 9.17) is 9.47 Å². The average molecular weight is 332 g/mol. The average Bonchev–Trinajstić information content (AvgIpc) is 2.97. The molecule has 0 bridgehead atoms. The molecular formula is C17H20N2O3S. The summed E-state index contributed by atoms with van der Waals surface area (Å²) < 4.78 is 10.6. The molecule has 0 atom stereocenters. The second-order valence-corrected chi connectivity index (χ2v) is 6.25. The molecule has 0 saturated carbocycles. The largest absolute Gasteiger partial charge is 0.497 e. The van der Waals surface area contributed by atoms with Gasteiger partial charge in [0.2, 0.25) is 5.91 Å². The number of benzene rings is 1. The Hall–Kier alpha value is -2.34. The minimum atomic E-state index is -0.0825. The second kappa shape index (κ2) is 7.78. The van der Waals surface area contributed by atoms with Crippen LogP contribution in [0.15, 0.2) is 30.5 Å². The fraction of sp³-hybridized carbons (Fsp3) is 0.294.